The van der Waals surface area contributed by atoms with Gasteiger partial charge in [-0.1, -0.05) is 29.8 Å². The van der Waals surface area contributed by atoms with Crippen LogP contribution in [0, 0.1) is 13.8 Å². The van der Waals surface area contributed by atoms with Crippen LogP contribution < -0.4 is 14.9 Å². The van der Waals surface area contributed by atoms with E-state index in [1.807, 2.05) is 31.2 Å². The Morgan fingerprint density at radius 1 is 0.867 bits per heavy atom. The fraction of sp³-hybridized carbons (Fsp3) is 0.120. The average Bonchev–Trinajstić information content (AvgIpc) is 2.74. The number of aryl methyl sites for hydroxylation is 2. The van der Waals surface area contributed by atoms with E-state index in [0.29, 0.717) is 39.4 Å². The van der Waals surface area contributed by atoms with Gasteiger partial charge in [0, 0.05) is 6.07 Å². The normalized spacial score (nSPS) is 10.8. The number of methoxy groups -OCH3 is 1. The summed E-state index contributed by atoms with van der Waals surface area (Å²) in [6.07, 6.45) is 0. The minimum absolute atomic E-state index is 0.143. The zero-order chi connectivity index (χ0) is 21.3. The van der Waals surface area contributed by atoms with Crippen molar-refractivity contribution in [3.8, 4) is 22.6 Å². The summed E-state index contributed by atoms with van der Waals surface area (Å²) in [5, 5.41) is 0.418. The highest BCUT2D eigenvalue weighted by Crippen LogP contribution is 2.28. The first kappa shape index (κ1) is 19.5. The number of esters is 1. The lowest BCUT2D eigenvalue weighted by molar-refractivity contribution is 0.0735. The van der Waals surface area contributed by atoms with Crippen molar-refractivity contribution in [2.75, 3.05) is 7.11 Å². The number of fused-ring (bicyclic) bond motifs is 1. The number of hydrogen-bond donors (Lipinski definition) is 0. The van der Waals surface area contributed by atoms with E-state index in [9.17, 15) is 9.59 Å². The Balaban J connectivity index is 1.69. The average molecular weight is 400 g/mol. The molecule has 150 valence electrons. The van der Waals surface area contributed by atoms with E-state index < -0.39 is 5.97 Å². The maximum atomic E-state index is 13.1. The number of benzene rings is 3. The fourth-order valence-corrected chi connectivity index (χ4v) is 3.30. The van der Waals surface area contributed by atoms with Crippen molar-refractivity contribution in [1.82, 2.24) is 0 Å². The van der Waals surface area contributed by atoms with E-state index in [1.165, 1.54) is 0 Å². The van der Waals surface area contributed by atoms with E-state index in [2.05, 4.69) is 0 Å². The van der Waals surface area contributed by atoms with Crippen molar-refractivity contribution < 1.29 is 18.7 Å². The molecule has 0 aliphatic carbocycles. The SMILES string of the molecule is COc1ccc(-c2c(C)oc3cc(OC(=O)c4ccc(C)cc4)ccc3c2=O)cc1. The summed E-state index contributed by atoms with van der Waals surface area (Å²) in [6, 6.07) is 19.1. The molecule has 0 unspecified atom stereocenters. The largest absolute Gasteiger partial charge is 0.497 e. The Morgan fingerprint density at radius 2 is 1.53 bits per heavy atom. The van der Waals surface area contributed by atoms with Gasteiger partial charge in [-0.25, -0.2) is 4.79 Å². The molecule has 1 aromatic heterocycles. The van der Waals surface area contributed by atoms with Gasteiger partial charge in [-0.2, -0.15) is 0 Å². The van der Waals surface area contributed by atoms with Gasteiger partial charge in [0.1, 0.15) is 22.8 Å². The van der Waals surface area contributed by atoms with Crippen LogP contribution in [-0.2, 0) is 0 Å². The highest BCUT2D eigenvalue weighted by molar-refractivity contribution is 5.92. The minimum atomic E-state index is -0.469. The highest BCUT2D eigenvalue weighted by Gasteiger charge is 2.15. The predicted molar refractivity (Wildman–Crippen MR) is 115 cm³/mol. The minimum Gasteiger partial charge on any atom is -0.497 e. The van der Waals surface area contributed by atoms with Gasteiger partial charge >= 0.3 is 5.97 Å². The van der Waals surface area contributed by atoms with E-state index in [1.54, 1.807) is 56.5 Å². The molecule has 0 aliphatic rings. The zero-order valence-corrected chi connectivity index (χ0v) is 16.9. The summed E-state index contributed by atoms with van der Waals surface area (Å²) in [7, 11) is 1.59. The highest BCUT2D eigenvalue weighted by atomic mass is 16.5. The summed E-state index contributed by atoms with van der Waals surface area (Å²) in [6.45, 7) is 3.69. The molecule has 0 aliphatic heterocycles. The summed E-state index contributed by atoms with van der Waals surface area (Å²) in [4.78, 5) is 25.5. The maximum absolute atomic E-state index is 13.1. The van der Waals surface area contributed by atoms with Crippen molar-refractivity contribution in [3.63, 3.8) is 0 Å². The lowest BCUT2D eigenvalue weighted by Gasteiger charge is -2.09. The van der Waals surface area contributed by atoms with Crippen molar-refractivity contribution in [2.24, 2.45) is 0 Å². The topological polar surface area (TPSA) is 65.7 Å². The lowest BCUT2D eigenvalue weighted by atomic mass is 10.0. The van der Waals surface area contributed by atoms with Crippen LogP contribution >= 0.6 is 0 Å². The van der Waals surface area contributed by atoms with Gasteiger partial charge in [-0.15, -0.1) is 0 Å². The first-order chi connectivity index (χ1) is 14.5. The second-order valence-electron chi connectivity index (χ2n) is 7.00. The Hall–Kier alpha value is -3.86. The number of carbonyl (C=O) groups is 1. The molecule has 0 bridgehead atoms. The van der Waals surface area contributed by atoms with Crippen LogP contribution in [0.5, 0.6) is 11.5 Å². The molecule has 0 saturated heterocycles. The molecule has 4 rings (SSSR count). The third kappa shape index (κ3) is 3.70. The van der Waals surface area contributed by atoms with Crippen LogP contribution in [0.25, 0.3) is 22.1 Å². The molecule has 5 nitrogen and oxygen atoms in total. The van der Waals surface area contributed by atoms with Crippen LogP contribution in [0.3, 0.4) is 0 Å². The second kappa shape index (κ2) is 7.87. The van der Waals surface area contributed by atoms with Crippen molar-refractivity contribution in [3.05, 3.63) is 93.8 Å². The summed E-state index contributed by atoms with van der Waals surface area (Å²) >= 11 is 0. The van der Waals surface area contributed by atoms with Crippen LogP contribution in [0.1, 0.15) is 21.7 Å². The third-order valence-electron chi connectivity index (χ3n) is 4.92. The molecular weight excluding hydrogens is 380 g/mol. The molecule has 0 saturated carbocycles. The van der Waals surface area contributed by atoms with Crippen molar-refractivity contribution in [2.45, 2.75) is 13.8 Å². The number of hydrogen-bond acceptors (Lipinski definition) is 5. The van der Waals surface area contributed by atoms with Gasteiger partial charge < -0.3 is 13.9 Å². The first-order valence-electron chi connectivity index (χ1n) is 9.47. The quantitative estimate of drug-likeness (QED) is 0.343. The molecular formula is C25H20O5. The molecule has 4 aromatic rings. The maximum Gasteiger partial charge on any atom is 0.343 e. The third-order valence-corrected chi connectivity index (χ3v) is 4.92. The molecule has 0 spiro atoms. The van der Waals surface area contributed by atoms with Gasteiger partial charge in [-0.3, -0.25) is 4.79 Å². The molecule has 30 heavy (non-hydrogen) atoms. The zero-order valence-electron chi connectivity index (χ0n) is 16.9. The standard InChI is InChI=1S/C25H20O5/c1-15-4-6-18(7-5-15)25(27)30-20-12-13-21-22(14-20)29-16(2)23(24(21)26)17-8-10-19(28-3)11-9-17/h4-14H,1-3H3. The van der Waals surface area contributed by atoms with E-state index in [0.717, 1.165) is 11.1 Å². The number of rotatable bonds is 4. The Bertz CT molecular complexity index is 1280. The molecule has 0 amide bonds. The van der Waals surface area contributed by atoms with Crippen LogP contribution in [-0.4, -0.2) is 13.1 Å². The number of carbonyl (C=O) groups excluding carboxylic acids is 1. The van der Waals surface area contributed by atoms with Crippen LogP contribution in [0.4, 0.5) is 0 Å². The van der Waals surface area contributed by atoms with Crippen LogP contribution in [0.15, 0.2) is 75.9 Å². The van der Waals surface area contributed by atoms with E-state index in [-0.39, 0.29) is 5.43 Å². The molecule has 5 heteroatoms. The Labute approximate surface area is 173 Å². The molecule has 1 heterocycles. The van der Waals surface area contributed by atoms with Gasteiger partial charge in [0.15, 0.2) is 0 Å². The summed E-state index contributed by atoms with van der Waals surface area (Å²) in [5.74, 6) is 1.04. The second-order valence-corrected chi connectivity index (χ2v) is 7.00. The lowest BCUT2D eigenvalue weighted by Crippen LogP contribution is -2.10. The van der Waals surface area contributed by atoms with Gasteiger partial charge in [0.25, 0.3) is 0 Å². The van der Waals surface area contributed by atoms with Crippen molar-refractivity contribution >= 4 is 16.9 Å². The van der Waals surface area contributed by atoms with Crippen LogP contribution in [0.2, 0.25) is 0 Å². The molecule has 0 atom stereocenters. The molecule has 0 fully saturated rings. The first-order valence-corrected chi connectivity index (χ1v) is 9.47. The summed E-state index contributed by atoms with van der Waals surface area (Å²) < 4.78 is 16.5. The van der Waals surface area contributed by atoms with Gasteiger partial charge in [-0.05, 0) is 55.8 Å². The predicted octanol–water partition coefficient (Wildman–Crippen LogP) is 5.30. The fourth-order valence-electron chi connectivity index (χ4n) is 3.30. The molecule has 3 aromatic carbocycles. The summed E-state index contributed by atoms with van der Waals surface area (Å²) in [5.41, 5.74) is 2.98. The van der Waals surface area contributed by atoms with Crippen molar-refractivity contribution in [1.29, 1.82) is 0 Å². The Morgan fingerprint density at radius 3 is 2.20 bits per heavy atom. The van der Waals surface area contributed by atoms with E-state index in [4.69, 9.17) is 13.9 Å². The van der Waals surface area contributed by atoms with Gasteiger partial charge in [0.05, 0.1) is 23.6 Å². The van der Waals surface area contributed by atoms with E-state index >= 15 is 0 Å². The Kier molecular flexibility index (Phi) is 5.11. The smallest absolute Gasteiger partial charge is 0.343 e. The molecule has 0 N–H and O–H groups in total. The number of ether oxygens (including phenoxy) is 2. The monoisotopic (exact) mass is 400 g/mol. The van der Waals surface area contributed by atoms with Gasteiger partial charge in [0.2, 0.25) is 5.43 Å². The molecule has 0 radical (unpaired) electrons.